The first-order valence-corrected chi connectivity index (χ1v) is 4.09. The van der Waals surface area contributed by atoms with E-state index >= 15 is 0 Å². The van der Waals surface area contributed by atoms with Crippen molar-refractivity contribution in [1.29, 1.82) is 0 Å². The van der Waals surface area contributed by atoms with E-state index in [0.717, 1.165) is 18.9 Å². The molecule has 0 saturated heterocycles. The second kappa shape index (κ2) is 11.1. The van der Waals surface area contributed by atoms with Gasteiger partial charge in [0.15, 0.2) is 6.29 Å². The number of nitrogens with two attached hydrogens (primary N) is 1. The van der Waals surface area contributed by atoms with E-state index in [1.54, 1.807) is 14.2 Å². The minimum absolute atomic E-state index is 0.000000000000000444. The van der Waals surface area contributed by atoms with Gasteiger partial charge in [-0.05, 0) is 12.5 Å². The van der Waals surface area contributed by atoms with Crippen LogP contribution >= 0.6 is 0 Å². The van der Waals surface area contributed by atoms with Crippen LogP contribution in [-0.2, 0) is 14.3 Å². The summed E-state index contributed by atoms with van der Waals surface area (Å²) >= 11 is 0. The maximum absolute atomic E-state index is 9.47. The lowest BCUT2D eigenvalue weighted by Crippen LogP contribution is -2.11. The normalized spacial score (nSPS) is 8.92. The van der Waals surface area contributed by atoms with Crippen LogP contribution in [0, 0.1) is 0 Å². The van der Waals surface area contributed by atoms with Crippen molar-refractivity contribution in [3.63, 3.8) is 0 Å². The first kappa shape index (κ1) is 14.6. The Labute approximate surface area is 79.7 Å². The lowest BCUT2D eigenvalue weighted by Gasteiger charge is -2.10. The Kier molecular flexibility index (Phi) is 12.5. The average Bonchev–Trinajstić information content (AvgIpc) is 2.15. The van der Waals surface area contributed by atoms with Crippen molar-refractivity contribution in [1.82, 2.24) is 0 Å². The van der Waals surface area contributed by atoms with Gasteiger partial charge in [-0.3, -0.25) is 4.79 Å². The van der Waals surface area contributed by atoms with Crippen molar-refractivity contribution >= 4 is 5.91 Å². The molecule has 2 N–H and O–H groups in total. The summed E-state index contributed by atoms with van der Waals surface area (Å²) in [6, 6.07) is 0. The van der Waals surface area contributed by atoms with Gasteiger partial charge in [0.25, 0.3) is 0 Å². The predicted molar refractivity (Wildman–Crippen MR) is 52.1 cm³/mol. The molecule has 0 aliphatic carbocycles. The summed E-state index contributed by atoms with van der Waals surface area (Å²) in [4.78, 5) is 9.47. The number of rotatable bonds is 5. The molecule has 0 aliphatic heterocycles. The molecule has 0 rings (SSSR count). The number of ether oxygens (including phenoxy) is 2. The van der Waals surface area contributed by atoms with E-state index in [1.165, 1.54) is 0 Å². The van der Waals surface area contributed by atoms with Crippen LogP contribution in [0.2, 0.25) is 0 Å². The van der Waals surface area contributed by atoms with Crippen LogP contribution in [0.3, 0.4) is 0 Å². The number of carbonyl (C=O) groups is 1. The smallest absolute Gasteiger partial charge is 0.240 e. The molecule has 0 spiro atoms. The molecule has 13 heavy (non-hydrogen) atoms. The summed E-state index contributed by atoms with van der Waals surface area (Å²) < 4.78 is 9.84. The van der Waals surface area contributed by atoms with E-state index < -0.39 is 5.91 Å². The fourth-order valence-corrected chi connectivity index (χ4v) is 0.568. The molecule has 0 aromatic carbocycles. The molecule has 4 nitrogen and oxygen atoms in total. The fraction of sp³-hybridized carbons (Fsp3) is 0.667. The summed E-state index contributed by atoms with van der Waals surface area (Å²) in [6.45, 7) is 5.19. The second-order valence-electron chi connectivity index (χ2n) is 2.30. The first-order valence-electron chi connectivity index (χ1n) is 4.09. The van der Waals surface area contributed by atoms with Crippen LogP contribution in [0.5, 0.6) is 0 Å². The molecule has 0 aliphatic rings. The highest BCUT2D eigenvalue weighted by molar-refractivity contribution is 5.84. The van der Waals surface area contributed by atoms with Gasteiger partial charge in [-0.1, -0.05) is 19.9 Å². The third-order valence-electron chi connectivity index (χ3n) is 1.25. The zero-order chi connectivity index (χ0) is 10.7. The quantitative estimate of drug-likeness (QED) is 0.519. The van der Waals surface area contributed by atoms with E-state index in [4.69, 9.17) is 9.47 Å². The van der Waals surface area contributed by atoms with Crippen molar-refractivity contribution in [2.75, 3.05) is 14.2 Å². The molecule has 78 valence electrons. The molecule has 0 bridgehead atoms. The number of primary amides is 1. The third kappa shape index (κ3) is 14.0. The molecule has 0 fully saturated rings. The second-order valence-corrected chi connectivity index (χ2v) is 2.30. The zero-order valence-corrected chi connectivity index (χ0v) is 8.58. The number of carbonyl (C=O) groups excluding carboxylic acids is 1. The van der Waals surface area contributed by atoms with Gasteiger partial charge in [-0.25, -0.2) is 0 Å². The van der Waals surface area contributed by atoms with Gasteiger partial charge in [-0.2, -0.15) is 0 Å². The van der Waals surface area contributed by atoms with Crippen LogP contribution in [0.25, 0.3) is 0 Å². The molecular formula is C9H19NO3. The fourth-order valence-electron chi connectivity index (χ4n) is 0.568. The standard InChI is InChI=1S/C6H14O2.C3H5NO/c1-4-5-6(7-2)8-3;1-2-3(4)5/h6H,4-5H2,1-3H3;2H,1H2,(H2,4,5). The zero-order valence-electron chi connectivity index (χ0n) is 8.58. The summed E-state index contributed by atoms with van der Waals surface area (Å²) in [5.41, 5.74) is 4.53. The molecule has 0 unspecified atom stereocenters. The Morgan fingerprint density at radius 3 is 2.00 bits per heavy atom. The highest BCUT2D eigenvalue weighted by atomic mass is 16.7. The van der Waals surface area contributed by atoms with Gasteiger partial charge in [0.1, 0.15) is 0 Å². The molecule has 1 amide bonds. The maximum atomic E-state index is 9.47. The van der Waals surface area contributed by atoms with E-state index in [1.807, 2.05) is 0 Å². The average molecular weight is 189 g/mol. The summed E-state index contributed by atoms with van der Waals surface area (Å²) in [7, 11) is 3.31. The van der Waals surface area contributed by atoms with Crippen LogP contribution in [0.1, 0.15) is 19.8 Å². The summed E-state index contributed by atoms with van der Waals surface area (Å²) in [5.74, 6) is -0.481. The lowest BCUT2D eigenvalue weighted by molar-refractivity contribution is -0.113. The van der Waals surface area contributed by atoms with Crippen molar-refractivity contribution < 1.29 is 14.3 Å². The van der Waals surface area contributed by atoms with Gasteiger partial charge < -0.3 is 15.2 Å². The molecule has 0 radical (unpaired) electrons. The number of amides is 1. The van der Waals surface area contributed by atoms with Crippen molar-refractivity contribution in [2.45, 2.75) is 26.1 Å². The Bertz CT molecular complexity index is 133. The van der Waals surface area contributed by atoms with Gasteiger partial charge in [0.2, 0.25) is 5.91 Å². The summed E-state index contributed by atoms with van der Waals surface area (Å²) in [5, 5.41) is 0. The molecule has 0 aromatic heterocycles. The largest absolute Gasteiger partial charge is 0.366 e. The molecule has 0 atom stereocenters. The number of hydrogen-bond acceptors (Lipinski definition) is 3. The van der Waals surface area contributed by atoms with E-state index in [0.29, 0.717) is 0 Å². The maximum Gasteiger partial charge on any atom is 0.240 e. The van der Waals surface area contributed by atoms with Crippen LogP contribution in [-0.4, -0.2) is 26.4 Å². The van der Waals surface area contributed by atoms with Gasteiger partial charge in [0.05, 0.1) is 0 Å². The topological polar surface area (TPSA) is 61.6 Å². The van der Waals surface area contributed by atoms with Crippen LogP contribution < -0.4 is 5.73 Å². The van der Waals surface area contributed by atoms with Crippen LogP contribution in [0.15, 0.2) is 12.7 Å². The molecule has 0 heterocycles. The monoisotopic (exact) mass is 189 g/mol. The minimum atomic E-state index is -0.481. The molecule has 0 aromatic rings. The predicted octanol–water partition coefficient (Wildman–Crippen LogP) is 1.06. The highest BCUT2D eigenvalue weighted by Gasteiger charge is 1.99. The Morgan fingerprint density at radius 2 is 1.92 bits per heavy atom. The molecule has 0 saturated carbocycles. The van der Waals surface area contributed by atoms with Crippen molar-refractivity contribution in [3.8, 4) is 0 Å². The Balaban J connectivity index is 0. The minimum Gasteiger partial charge on any atom is -0.366 e. The van der Waals surface area contributed by atoms with Gasteiger partial charge in [0, 0.05) is 14.2 Å². The number of hydrogen-bond donors (Lipinski definition) is 1. The first-order chi connectivity index (χ1) is 6.12. The van der Waals surface area contributed by atoms with Gasteiger partial charge in [-0.15, -0.1) is 0 Å². The van der Waals surface area contributed by atoms with E-state index in [-0.39, 0.29) is 6.29 Å². The Morgan fingerprint density at radius 1 is 1.54 bits per heavy atom. The van der Waals surface area contributed by atoms with E-state index in [2.05, 4.69) is 19.2 Å². The molecular weight excluding hydrogens is 170 g/mol. The van der Waals surface area contributed by atoms with Crippen molar-refractivity contribution in [3.05, 3.63) is 12.7 Å². The Hall–Kier alpha value is -0.870. The van der Waals surface area contributed by atoms with E-state index in [9.17, 15) is 4.79 Å². The van der Waals surface area contributed by atoms with Gasteiger partial charge >= 0.3 is 0 Å². The SMILES string of the molecule is C=CC(N)=O.CCCC(OC)OC. The number of methoxy groups -OCH3 is 2. The summed E-state index contributed by atoms with van der Waals surface area (Å²) in [6.07, 6.45) is 3.14. The van der Waals surface area contributed by atoms with Crippen LogP contribution in [0.4, 0.5) is 0 Å². The lowest BCUT2D eigenvalue weighted by atomic mass is 10.3. The highest BCUT2D eigenvalue weighted by Crippen LogP contribution is 1.99. The van der Waals surface area contributed by atoms with Crippen molar-refractivity contribution in [2.24, 2.45) is 5.73 Å². The molecule has 4 heteroatoms. The third-order valence-corrected chi connectivity index (χ3v) is 1.25.